The van der Waals surface area contributed by atoms with Crippen LogP contribution in [0.15, 0.2) is 0 Å². The van der Waals surface area contributed by atoms with Gasteiger partial charge >= 0.3 is 11.9 Å². The van der Waals surface area contributed by atoms with Crippen molar-refractivity contribution in [1.82, 2.24) is 4.90 Å². The summed E-state index contributed by atoms with van der Waals surface area (Å²) in [6.45, 7) is 1.66. The van der Waals surface area contributed by atoms with Crippen LogP contribution < -0.4 is 0 Å². The Morgan fingerprint density at radius 1 is 1.55 bits per heavy atom. The second kappa shape index (κ2) is 4.43. The van der Waals surface area contributed by atoms with Gasteiger partial charge in [-0.2, -0.15) is 0 Å². The van der Waals surface area contributed by atoms with Crippen LogP contribution in [0.5, 0.6) is 0 Å². The number of carbonyl (C=O) groups is 3. The van der Waals surface area contributed by atoms with Gasteiger partial charge in [0.05, 0.1) is 6.54 Å². The lowest BCUT2D eigenvalue weighted by atomic mass is 10.4. The molecule has 0 saturated heterocycles. The van der Waals surface area contributed by atoms with Gasteiger partial charge in [-0.05, 0) is 6.92 Å². The van der Waals surface area contributed by atoms with E-state index in [1.54, 1.807) is 6.92 Å². The molecule has 0 spiro atoms. The minimum Gasteiger partial charge on any atom is -0.474 e. The van der Waals surface area contributed by atoms with Crippen molar-refractivity contribution in [3.8, 4) is 0 Å². The van der Waals surface area contributed by atoms with E-state index in [1.807, 2.05) is 0 Å². The molecule has 0 aliphatic carbocycles. The molecule has 0 fully saturated rings. The van der Waals surface area contributed by atoms with Crippen molar-refractivity contribution in [2.75, 3.05) is 13.1 Å². The van der Waals surface area contributed by atoms with Crippen molar-refractivity contribution < 1.29 is 19.5 Å². The number of nitrogens with zero attached hydrogens (tertiary/aromatic N) is 1. The molecule has 0 unspecified atom stereocenters. The first kappa shape index (κ1) is 9.61. The molecule has 11 heavy (non-hydrogen) atoms. The zero-order valence-corrected chi connectivity index (χ0v) is 6.11. The van der Waals surface area contributed by atoms with Crippen LogP contribution in [-0.4, -0.2) is 41.3 Å². The highest BCUT2D eigenvalue weighted by molar-refractivity contribution is 6.31. The Kier molecular flexibility index (Phi) is 3.87. The van der Waals surface area contributed by atoms with Gasteiger partial charge < -0.3 is 14.8 Å². The molecule has 0 aromatic heterocycles. The van der Waals surface area contributed by atoms with E-state index in [0.29, 0.717) is 6.29 Å². The van der Waals surface area contributed by atoms with Gasteiger partial charge in [0, 0.05) is 6.54 Å². The number of aldehydes is 1. The first-order valence-electron chi connectivity index (χ1n) is 3.09. The van der Waals surface area contributed by atoms with Crippen LogP contribution in [-0.2, 0) is 14.4 Å². The summed E-state index contributed by atoms with van der Waals surface area (Å²) in [4.78, 5) is 31.6. The number of carboxylic acids is 1. The van der Waals surface area contributed by atoms with Gasteiger partial charge in [-0.25, -0.2) is 4.79 Å². The molecule has 0 saturated carbocycles. The van der Waals surface area contributed by atoms with E-state index in [9.17, 15) is 14.4 Å². The van der Waals surface area contributed by atoms with Gasteiger partial charge in [-0.1, -0.05) is 0 Å². The van der Waals surface area contributed by atoms with Crippen LogP contribution >= 0.6 is 0 Å². The van der Waals surface area contributed by atoms with E-state index in [0.717, 1.165) is 4.90 Å². The molecule has 0 radical (unpaired) electrons. The third-order valence-corrected chi connectivity index (χ3v) is 1.15. The highest BCUT2D eigenvalue weighted by Crippen LogP contribution is 1.86. The van der Waals surface area contributed by atoms with E-state index >= 15 is 0 Å². The SMILES string of the molecule is CCN(CC=O)C(=O)C(=O)O. The number of hydrogen-bond acceptors (Lipinski definition) is 3. The topological polar surface area (TPSA) is 74.7 Å². The largest absolute Gasteiger partial charge is 0.474 e. The van der Waals surface area contributed by atoms with Crippen LogP contribution in [0.25, 0.3) is 0 Å². The lowest BCUT2D eigenvalue weighted by molar-refractivity contribution is -0.155. The fraction of sp³-hybridized carbons (Fsp3) is 0.500. The molecule has 0 atom stereocenters. The van der Waals surface area contributed by atoms with Crippen molar-refractivity contribution in [1.29, 1.82) is 0 Å². The summed E-state index contributed by atoms with van der Waals surface area (Å²) in [5, 5.41) is 8.20. The van der Waals surface area contributed by atoms with E-state index in [1.165, 1.54) is 0 Å². The van der Waals surface area contributed by atoms with Crippen LogP contribution in [0.1, 0.15) is 6.92 Å². The molecular formula is C6H9NO4. The molecule has 1 N–H and O–H groups in total. The second-order valence-corrected chi connectivity index (χ2v) is 1.82. The third kappa shape index (κ3) is 2.79. The van der Waals surface area contributed by atoms with Crippen LogP contribution in [0.4, 0.5) is 0 Å². The number of aliphatic carboxylic acids is 1. The molecule has 0 bridgehead atoms. The highest BCUT2D eigenvalue weighted by Gasteiger charge is 2.17. The molecule has 0 aliphatic rings. The van der Waals surface area contributed by atoms with Crippen molar-refractivity contribution in [2.24, 2.45) is 0 Å². The number of hydrogen-bond donors (Lipinski definition) is 1. The predicted octanol–water partition coefficient (Wildman–Crippen LogP) is -0.882. The maximum absolute atomic E-state index is 10.6. The first-order chi connectivity index (χ1) is 5.13. The van der Waals surface area contributed by atoms with Gasteiger partial charge in [-0.15, -0.1) is 0 Å². The maximum atomic E-state index is 10.6. The molecule has 0 rings (SSSR count). The summed E-state index contributed by atoms with van der Waals surface area (Å²) in [5.41, 5.74) is 0. The lowest BCUT2D eigenvalue weighted by Gasteiger charge is -2.13. The van der Waals surface area contributed by atoms with Crippen LogP contribution in [0, 0.1) is 0 Å². The molecule has 0 heterocycles. The molecule has 1 amide bonds. The van der Waals surface area contributed by atoms with Gasteiger partial charge in [0.15, 0.2) is 0 Å². The highest BCUT2D eigenvalue weighted by atomic mass is 16.4. The average molecular weight is 159 g/mol. The lowest BCUT2D eigenvalue weighted by Crippen LogP contribution is -2.37. The summed E-state index contributed by atoms with van der Waals surface area (Å²) in [7, 11) is 0. The monoisotopic (exact) mass is 159 g/mol. The van der Waals surface area contributed by atoms with Crippen molar-refractivity contribution in [3.63, 3.8) is 0 Å². The maximum Gasteiger partial charge on any atom is 0.394 e. The minimum absolute atomic E-state index is 0.165. The Balaban J connectivity index is 4.13. The fourth-order valence-corrected chi connectivity index (χ4v) is 0.581. The number of carbonyl (C=O) groups excluding carboxylic acids is 2. The Labute approximate surface area is 63.6 Å². The van der Waals surface area contributed by atoms with Crippen LogP contribution in [0.2, 0.25) is 0 Å². The summed E-state index contributed by atoms with van der Waals surface area (Å²) in [6.07, 6.45) is 0.490. The summed E-state index contributed by atoms with van der Waals surface area (Å²) in [5.74, 6) is -2.58. The molecule has 0 aromatic rings. The Morgan fingerprint density at radius 2 is 2.09 bits per heavy atom. The van der Waals surface area contributed by atoms with E-state index in [-0.39, 0.29) is 13.1 Å². The first-order valence-corrected chi connectivity index (χ1v) is 3.09. The van der Waals surface area contributed by atoms with Crippen molar-refractivity contribution in [2.45, 2.75) is 6.92 Å². The van der Waals surface area contributed by atoms with E-state index in [4.69, 9.17) is 5.11 Å². The predicted molar refractivity (Wildman–Crippen MR) is 36.0 cm³/mol. The van der Waals surface area contributed by atoms with Gasteiger partial charge in [0.1, 0.15) is 6.29 Å². The van der Waals surface area contributed by atoms with Gasteiger partial charge in [0.25, 0.3) is 0 Å². The molecule has 0 aromatic carbocycles. The number of rotatable bonds is 3. The average Bonchev–Trinajstić information content (AvgIpc) is 1.98. The quantitative estimate of drug-likeness (QED) is 0.428. The zero-order chi connectivity index (χ0) is 8.85. The van der Waals surface area contributed by atoms with Crippen molar-refractivity contribution in [3.05, 3.63) is 0 Å². The summed E-state index contributed by atoms with van der Waals surface area (Å²) in [6, 6.07) is 0. The molecule has 62 valence electrons. The van der Waals surface area contributed by atoms with Gasteiger partial charge in [-0.3, -0.25) is 4.79 Å². The fourth-order valence-electron chi connectivity index (χ4n) is 0.581. The summed E-state index contributed by atoms with van der Waals surface area (Å²) >= 11 is 0. The minimum atomic E-state index is -1.53. The molecule has 5 heteroatoms. The molecule has 0 aliphatic heterocycles. The van der Waals surface area contributed by atoms with Gasteiger partial charge in [0.2, 0.25) is 0 Å². The molecule has 5 nitrogen and oxygen atoms in total. The Morgan fingerprint density at radius 3 is 2.36 bits per heavy atom. The standard InChI is InChI=1S/C6H9NO4/c1-2-7(3-4-8)5(9)6(10)11/h4H,2-3H2,1H3,(H,10,11). The Bertz CT molecular complexity index is 177. The Hall–Kier alpha value is -1.39. The van der Waals surface area contributed by atoms with E-state index < -0.39 is 11.9 Å². The number of carboxylic acid groups (broad SMARTS) is 1. The zero-order valence-electron chi connectivity index (χ0n) is 6.11. The summed E-state index contributed by atoms with van der Waals surface area (Å²) < 4.78 is 0. The normalized spacial score (nSPS) is 8.82. The third-order valence-electron chi connectivity index (χ3n) is 1.15. The van der Waals surface area contributed by atoms with Crippen LogP contribution in [0.3, 0.4) is 0 Å². The second-order valence-electron chi connectivity index (χ2n) is 1.82. The number of amides is 1. The molecular weight excluding hydrogens is 150 g/mol. The number of likely N-dealkylation sites (N-methyl/N-ethyl adjacent to an activating group) is 1. The van der Waals surface area contributed by atoms with Crippen molar-refractivity contribution >= 4 is 18.2 Å². The van der Waals surface area contributed by atoms with E-state index in [2.05, 4.69) is 0 Å². The smallest absolute Gasteiger partial charge is 0.394 e.